The van der Waals surface area contributed by atoms with E-state index in [2.05, 4.69) is 136 Å². The number of nitrogens with one attached hydrogen (secondary N) is 1. The standard InChI is InChI=1S/C57H37N9/c1-4-19-37(20-5-1)52-59-53(38-21-6-2-7-22-38)61-55(60-52)44-27-13-17-31-49(44)65-47-29-15-11-25-40(47)42-33-34-43-41-26-12-16-30-48(41)66(51(43)50(42)65)57-63-54(39-23-8-3-9-24-39)62-56(64-57)46-35-32-36-18-10-14-28-45(36)58-46/h1-35,52H,(H,59,60,61). The number of amidine groups is 2. The second-order valence-corrected chi connectivity index (χ2v) is 16.4. The third kappa shape index (κ3) is 6.17. The van der Waals surface area contributed by atoms with Crippen LogP contribution in [-0.4, -0.2) is 40.7 Å². The molecule has 8 aromatic carbocycles. The number of hydrogen-bond donors (Lipinski definition) is 1. The molecular weight excluding hydrogens is 811 g/mol. The Bertz CT molecular complexity index is 3910. The molecule has 0 bridgehead atoms. The molecule has 1 unspecified atom stereocenters. The van der Waals surface area contributed by atoms with Crippen molar-refractivity contribution in [1.82, 2.24) is 34.4 Å². The van der Waals surface area contributed by atoms with Gasteiger partial charge in [-0.05, 0) is 42.0 Å². The molecule has 310 valence electrons. The fourth-order valence-corrected chi connectivity index (χ4v) is 9.42. The fraction of sp³-hybridized carbons (Fsp3) is 0.0175. The average molecular weight is 848 g/mol. The molecule has 1 atom stereocenters. The van der Waals surface area contributed by atoms with Crippen LogP contribution in [0.3, 0.4) is 0 Å². The van der Waals surface area contributed by atoms with Gasteiger partial charge in [0.2, 0.25) is 5.95 Å². The lowest BCUT2D eigenvalue weighted by Gasteiger charge is -2.24. The second kappa shape index (κ2) is 15.3. The van der Waals surface area contributed by atoms with Crippen molar-refractivity contribution >= 4 is 66.2 Å². The average Bonchev–Trinajstić information content (AvgIpc) is 3.92. The number of nitrogens with zero attached hydrogens (tertiary/aromatic N) is 8. The molecular formula is C57H37N9. The van der Waals surface area contributed by atoms with Crippen molar-refractivity contribution in [2.75, 3.05) is 0 Å². The van der Waals surface area contributed by atoms with Crippen LogP contribution < -0.4 is 5.32 Å². The second-order valence-electron chi connectivity index (χ2n) is 16.4. The minimum Gasteiger partial charge on any atom is -0.344 e. The van der Waals surface area contributed by atoms with Crippen molar-refractivity contribution in [3.8, 4) is 34.5 Å². The van der Waals surface area contributed by atoms with Gasteiger partial charge in [0.1, 0.15) is 17.7 Å². The number of fused-ring (bicyclic) bond motifs is 8. The highest BCUT2D eigenvalue weighted by Gasteiger charge is 2.27. The summed E-state index contributed by atoms with van der Waals surface area (Å²) >= 11 is 0. The summed E-state index contributed by atoms with van der Waals surface area (Å²) in [5.74, 6) is 2.92. The zero-order chi connectivity index (χ0) is 43.6. The first-order valence-electron chi connectivity index (χ1n) is 22.0. The van der Waals surface area contributed by atoms with Gasteiger partial charge in [0, 0.05) is 43.6 Å². The molecule has 4 aromatic heterocycles. The van der Waals surface area contributed by atoms with E-state index in [-0.39, 0.29) is 6.17 Å². The maximum absolute atomic E-state index is 5.35. The van der Waals surface area contributed by atoms with Crippen molar-refractivity contribution in [1.29, 1.82) is 0 Å². The molecule has 5 heterocycles. The highest BCUT2D eigenvalue weighted by atomic mass is 15.2. The Labute approximate surface area is 378 Å². The van der Waals surface area contributed by atoms with Crippen LogP contribution in [0, 0.1) is 0 Å². The van der Waals surface area contributed by atoms with E-state index in [1.165, 1.54) is 0 Å². The molecule has 9 nitrogen and oxygen atoms in total. The third-order valence-corrected chi connectivity index (χ3v) is 12.4. The lowest BCUT2D eigenvalue weighted by Crippen LogP contribution is -2.33. The van der Waals surface area contributed by atoms with Crippen LogP contribution in [0.2, 0.25) is 0 Å². The van der Waals surface area contributed by atoms with Gasteiger partial charge in [0.05, 0.1) is 33.3 Å². The molecule has 9 heteroatoms. The molecule has 0 amide bonds. The van der Waals surface area contributed by atoms with Crippen LogP contribution in [0.1, 0.15) is 22.9 Å². The first kappa shape index (κ1) is 37.5. The maximum Gasteiger partial charge on any atom is 0.238 e. The van der Waals surface area contributed by atoms with E-state index >= 15 is 0 Å². The Morgan fingerprint density at radius 2 is 1.02 bits per heavy atom. The molecule has 12 aromatic rings. The number of aromatic nitrogens is 6. The van der Waals surface area contributed by atoms with Crippen LogP contribution in [0.5, 0.6) is 0 Å². The third-order valence-electron chi connectivity index (χ3n) is 12.4. The topological polar surface area (TPSA) is 98.2 Å². The van der Waals surface area contributed by atoms with Gasteiger partial charge in [0.15, 0.2) is 17.5 Å². The number of rotatable bonds is 7. The van der Waals surface area contributed by atoms with E-state index in [4.69, 9.17) is 29.9 Å². The lowest BCUT2D eigenvalue weighted by molar-refractivity contribution is 0.674. The summed E-state index contributed by atoms with van der Waals surface area (Å²) in [6.45, 7) is 0. The molecule has 0 spiro atoms. The van der Waals surface area contributed by atoms with Crippen molar-refractivity contribution in [2.45, 2.75) is 6.17 Å². The summed E-state index contributed by atoms with van der Waals surface area (Å²) in [6.07, 6.45) is -0.358. The molecule has 1 N–H and O–H groups in total. The number of benzene rings is 8. The number of pyridine rings is 1. The number of hydrogen-bond acceptors (Lipinski definition) is 7. The summed E-state index contributed by atoms with van der Waals surface area (Å²) in [7, 11) is 0. The van der Waals surface area contributed by atoms with Crippen molar-refractivity contribution < 1.29 is 0 Å². The van der Waals surface area contributed by atoms with Gasteiger partial charge >= 0.3 is 0 Å². The quantitative estimate of drug-likeness (QED) is 0.172. The Kier molecular flexibility index (Phi) is 8.70. The zero-order valence-electron chi connectivity index (χ0n) is 35.4. The molecule has 13 rings (SSSR count). The lowest BCUT2D eigenvalue weighted by atomic mass is 10.1. The van der Waals surface area contributed by atoms with Gasteiger partial charge in [0.25, 0.3) is 0 Å². The van der Waals surface area contributed by atoms with E-state index in [1.807, 2.05) is 91.0 Å². The Morgan fingerprint density at radius 3 is 1.77 bits per heavy atom. The monoisotopic (exact) mass is 847 g/mol. The van der Waals surface area contributed by atoms with Gasteiger partial charge in [-0.3, -0.25) is 4.57 Å². The smallest absolute Gasteiger partial charge is 0.238 e. The summed E-state index contributed by atoms with van der Waals surface area (Å²) in [6, 6.07) is 72.9. The maximum atomic E-state index is 5.35. The largest absolute Gasteiger partial charge is 0.344 e. The molecule has 0 saturated heterocycles. The Hall–Kier alpha value is -9.08. The first-order chi connectivity index (χ1) is 32.7. The first-order valence-corrected chi connectivity index (χ1v) is 22.0. The van der Waals surface area contributed by atoms with Crippen LogP contribution in [0.25, 0.3) is 89.1 Å². The van der Waals surface area contributed by atoms with Crippen molar-refractivity contribution in [2.24, 2.45) is 9.98 Å². The molecule has 1 aliphatic rings. The Balaban J connectivity index is 1.11. The summed E-state index contributed by atoms with van der Waals surface area (Å²) in [5, 5.41) is 9.04. The molecule has 0 fully saturated rings. The predicted octanol–water partition coefficient (Wildman–Crippen LogP) is 12.4. The van der Waals surface area contributed by atoms with Crippen molar-refractivity contribution in [3.05, 3.63) is 229 Å². The van der Waals surface area contributed by atoms with Gasteiger partial charge in [-0.15, -0.1) is 0 Å². The summed E-state index contributed by atoms with van der Waals surface area (Å²) < 4.78 is 4.59. The van der Waals surface area contributed by atoms with Gasteiger partial charge in [-0.25, -0.2) is 20.0 Å². The number of aliphatic imine (C=N–C) groups is 2. The molecule has 0 radical (unpaired) electrons. The van der Waals surface area contributed by atoms with E-state index in [0.29, 0.717) is 29.1 Å². The van der Waals surface area contributed by atoms with Crippen LogP contribution >= 0.6 is 0 Å². The van der Waals surface area contributed by atoms with E-state index in [1.54, 1.807) is 0 Å². The minimum absolute atomic E-state index is 0.358. The number of para-hydroxylation sites is 4. The highest BCUT2D eigenvalue weighted by molar-refractivity contribution is 6.24. The van der Waals surface area contributed by atoms with Crippen LogP contribution in [0.15, 0.2) is 222 Å². The van der Waals surface area contributed by atoms with E-state index in [0.717, 1.165) is 88.3 Å². The SMILES string of the molecule is c1ccc(C2=NC(c3ccccc3-n3c4ccccc4c4ccc5c6ccccc6n(-c6nc(-c7ccccc7)nc(-c7ccc8ccccc8n7)n6)c5c43)=NC(c3ccccc3)N2)cc1. The molecule has 1 aliphatic heterocycles. The van der Waals surface area contributed by atoms with Gasteiger partial charge in [-0.2, -0.15) is 9.97 Å². The minimum atomic E-state index is -0.358. The van der Waals surface area contributed by atoms with Gasteiger partial charge < -0.3 is 9.88 Å². The Morgan fingerprint density at radius 1 is 0.424 bits per heavy atom. The van der Waals surface area contributed by atoms with E-state index in [9.17, 15) is 0 Å². The predicted molar refractivity (Wildman–Crippen MR) is 267 cm³/mol. The van der Waals surface area contributed by atoms with Crippen molar-refractivity contribution in [3.63, 3.8) is 0 Å². The zero-order valence-corrected chi connectivity index (χ0v) is 35.4. The molecule has 66 heavy (non-hydrogen) atoms. The van der Waals surface area contributed by atoms with E-state index < -0.39 is 0 Å². The highest BCUT2D eigenvalue weighted by Crippen LogP contribution is 2.42. The van der Waals surface area contributed by atoms with Gasteiger partial charge in [-0.1, -0.05) is 176 Å². The van der Waals surface area contributed by atoms with Crippen LogP contribution in [-0.2, 0) is 0 Å². The normalized spacial score (nSPS) is 13.9. The summed E-state index contributed by atoms with van der Waals surface area (Å²) in [5.41, 5.74) is 10.3. The molecule has 0 aliphatic carbocycles. The fourth-order valence-electron chi connectivity index (χ4n) is 9.42. The molecule has 0 saturated carbocycles. The van der Waals surface area contributed by atoms with Crippen LogP contribution in [0.4, 0.5) is 0 Å². The summed E-state index contributed by atoms with van der Waals surface area (Å²) in [4.78, 5) is 31.5.